The lowest BCUT2D eigenvalue weighted by Gasteiger charge is -2.06. The minimum atomic E-state index is -0.712. The molecule has 0 unspecified atom stereocenters. The van der Waals surface area contributed by atoms with Crippen molar-refractivity contribution < 1.29 is 18.7 Å². The Bertz CT molecular complexity index is 954. The summed E-state index contributed by atoms with van der Waals surface area (Å²) in [5.74, 6) is -0.479. The van der Waals surface area contributed by atoms with Gasteiger partial charge in [-0.15, -0.1) is 0 Å². The molecule has 0 saturated heterocycles. The van der Waals surface area contributed by atoms with Crippen molar-refractivity contribution in [2.45, 2.75) is 13.5 Å². The van der Waals surface area contributed by atoms with Gasteiger partial charge in [-0.25, -0.2) is 9.78 Å². The first-order valence-electron chi connectivity index (χ1n) is 8.24. The third-order valence-electron chi connectivity index (χ3n) is 3.72. The van der Waals surface area contributed by atoms with Crippen LogP contribution in [0.2, 0.25) is 5.02 Å². The molecule has 0 bridgehead atoms. The Morgan fingerprint density at radius 3 is 2.67 bits per heavy atom. The van der Waals surface area contributed by atoms with E-state index in [1.807, 2.05) is 36.4 Å². The van der Waals surface area contributed by atoms with Gasteiger partial charge in [0.1, 0.15) is 5.76 Å². The first kappa shape index (κ1) is 18.7. The quantitative estimate of drug-likeness (QED) is 0.654. The molecule has 138 valence electrons. The van der Waals surface area contributed by atoms with Gasteiger partial charge in [0.25, 0.3) is 5.91 Å². The molecule has 0 spiro atoms. The SMILES string of the molecule is Cc1oc(-c2ccccc2)nc1C(=O)OCC(=O)NCc1cccc(Cl)c1. The molecule has 1 heterocycles. The maximum atomic E-state index is 12.2. The Labute approximate surface area is 161 Å². The highest BCUT2D eigenvalue weighted by Crippen LogP contribution is 2.21. The molecule has 7 heteroatoms. The smallest absolute Gasteiger partial charge is 0.361 e. The van der Waals surface area contributed by atoms with Crippen LogP contribution in [0.1, 0.15) is 21.8 Å². The van der Waals surface area contributed by atoms with Gasteiger partial charge >= 0.3 is 5.97 Å². The predicted molar refractivity (Wildman–Crippen MR) is 100 cm³/mol. The van der Waals surface area contributed by atoms with E-state index in [0.29, 0.717) is 16.7 Å². The highest BCUT2D eigenvalue weighted by Gasteiger charge is 2.20. The van der Waals surface area contributed by atoms with Crippen LogP contribution in [0.3, 0.4) is 0 Å². The fourth-order valence-corrected chi connectivity index (χ4v) is 2.60. The van der Waals surface area contributed by atoms with E-state index < -0.39 is 18.5 Å². The largest absolute Gasteiger partial charge is 0.451 e. The number of esters is 1. The molecule has 27 heavy (non-hydrogen) atoms. The van der Waals surface area contributed by atoms with Crippen molar-refractivity contribution in [3.63, 3.8) is 0 Å². The molecule has 3 rings (SSSR count). The summed E-state index contributed by atoms with van der Waals surface area (Å²) in [7, 11) is 0. The summed E-state index contributed by atoms with van der Waals surface area (Å²) >= 11 is 5.89. The second kappa shape index (κ2) is 8.51. The number of oxazole rings is 1. The molecule has 0 fully saturated rings. The molecule has 1 aromatic heterocycles. The summed E-state index contributed by atoms with van der Waals surface area (Å²) in [6, 6.07) is 16.3. The van der Waals surface area contributed by atoms with Gasteiger partial charge in [-0.3, -0.25) is 4.79 Å². The number of nitrogens with zero attached hydrogens (tertiary/aromatic N) is 1. The van der Waals surface area contributed by atoms with Crippen LogP contribution in [0.5, 0.6) is 0 Å². The zero-order valence-corrected chi connectivity index (χ0v) is 15.3. The molecule has 0 atom stereocenters. The molecule has 0 saturated carbocycles. The van der Waals surface area contributed by atoms with Gasteiger partial charge in [-0.05, 0) is 36.8 Å². The molecule has 1 N–H and O–H groups in total. The standard InChI is InChI=1S/C20H17ClN2O4/c1-13-18(23-19(27-13)15-7-3-2-4-8-15)20(25)26-12-17(24)22-11-14-6-5-9-16(21)10-14/h2-10H,11-12H2,1H3,(H,22,24). The summed E-state index contributed by atoms with van der Waals surface area (Å²) in [4.78, 5) is 28.2. The Hall–Kier alpha value is -3.12. The van der Waals surface area contributed by atoms with E-state index in [-0.39, 0.29) is 12.2 Å². The Balaban J connectivity index is 1.54. The molecular weight excluding hydrogens is 368 g/mol. The molecule has 1 amide bonds. The third kappa shape index (κ3) is 4.95. The average molecular weight is 385 g/mol. The molecule has 2 aromatic carbocycles. The van der Waals surface area contributed by atoms with Crippen molar-refractivity contribution >= 4 is 23.5 Å². The second-order valence-corrected chi connectivity index (χ2v) is 6.21. The van der Waals surface area contributed by atoms with E-state index in [0.717, 1.165) is 11.1 Å². The summed E-state index contributed by atoms with van der Waals surface area (Å²) in [5, 5.41) is 3.25. The number of nitrogens with one attached hydrogen (secondary N) is 1. The van der Waals surface area contributed by atoms with Crippen molar-refractivity contribution in [2.24, 2.45) is 0 Å². The lowest BCUT2D eigenvalue weighted by Crippen LogP contribution is -2.28. The van der Waals surface area contributed by atoms with Crippen LogP contribution in [-0.2, 0) is 16.1 Å². The summed E-state index contributed by atoms with van der Waals surface area (Å²) < 4.78 is 10.6. The third-order valence-corrected chi connectivity index (χ3v) is 3.96. The van der Waals surface area contributed by atoms with E-state index in [1.165, 1.54) is 0 Å². The minimum absolute atomic E-state index is 0.0523. The predicted octanol–water partition coefficient (Wildman–Crippen LogP) is 3.78. The van der Waals surface area contributed by atoms with Crippen LogP contribution in [0.25, 0.3) is 11.5 Å². The normalized spacial score (nSPS) is 10.4. The van der Waals surface area contributed by atoms with Crippen LogP contribution in [0, 0.1) is 6.92 Å². The van der Waals surface area contributed by atoms with Gasteiger partial charge in [-0.1, -0.05) is 41.9 Å². The molecule has 0 aliphatic carbocycles. The number of hydrogen-bond donors (Lipinski definition) is 1. The monoisotopic (exact) mass is 384 g/mol. The van der Waals surface area contributed by atoms with Gasteiger partial charge in [0.2, 0.25) is 5.89 Å². The molecule has 3 aromatic rings. The number of hydrogen-bond acceptors (Lipinski definition) is 5. The number of aryl methyl sites for hydroxylation is 1. The van der Waals surface area contributed by atoms with E-state index in [1.54, 1.807) is 25.1 Å². The maximum Gasteiger partial charge on any atom is 0.361 e. The van der Waals surface area contributed by atoms with Gasteiger partial charge in [0, 0.05) is 17.1 Å². The summed E-state index contributed by atoms with van der Waals surface area (Å²) in [6.45, 7) is 1.50. The van der Waals surface area contributed by atoms with Gasteiger partial charge < -0.3 is 14.5 Å². The lowest BCUT2D eigenvalue weighted by atomic mass is 10.2. The maximum absolute atomic E-state index is 12.2. The van der Waals surface area contributed by atoms with Gasteiger partial charge in [0.05, 0.1) is 0 Å². The Morgan fingerprint density at radius 1 is 1.15 bits per heavy atom. The number of amides is 1. The second-order valence-electron chi connectivity index (χ2n) is 5.77. The summed E-state index contributed by atoms with van der Waals surface area (Å²) in [6.07, 6.45) is 0. The van der Waals surface area contributed by atoms with Crippen molar-refractivity contribution in [2.75, 3.05) is 6.61 Å². The van der Waals surface area contributed by atoms with E-state index in [4.69, 9.17) is 20.8 Å². The fourth-order valence-electron chi connectivity index (χ4n) is 2.39. The number of carbonyl (C=O) groups is 2. The van der Waals surface area contributed by atoms with Crippen LogP contribution in [0.4, 0.5) is 0 Å². The minimum Gasteiger partial charge on any atom is -0.451 e. The number of rotatable bonds is 6. The number of carbonyl (C=O) groups excluding carboxylic acids is 2. The zero-order chi connectivity index (χ0) is 19.2. The first-order valence-corrected chi connectivity index (χ1v) is 8.62. The Morgan fingerprint density at radius 2 is 1.93 bits per heavy atom. The highest BCUT2D eigenvalue weighted by atomic mass is 35.5. The highest BCUT2D eigenvalue weighted by molar-refractivity contribution is 6.30. The van der Waals surface area contributed by atoms with Gasteiger partial charge in [0.15, 0.2) is 12.3 Å². The van der Waals surface area contributed by atoms with Crippen molar-refractivity contribution in [3.05, 3.63) is 76.6 Å². The fraction of sp³-hybridized carbons (Fsp3) is 0.150. The molecule has 0 radical (unpaired) electrons. The van der Waals surface area contributed by atoms with E-state index in [9.17, 15) is 9.59 Å². The van der Waals surface area contributed by atoms with Crippen molar-refractivity contribution in [1.29, 1.82) is 0 Å². The molecule has 0 aliphatic rings. The number of benzene rings is 2. The number of halogens is 1. The Kier molecular flexibility index (Phi) is 5.88. The van der Waals surface area contributed by atoms with E-state index in [2.05, 4.69) is 10.3 Å². The molecule has 6 nitrogen and oxygen atoms in total. The van der Waals surface area contributed by atoms with Crippen LogP contribution >= 0.6 is 11.6 Å². The first-order chi connectivity index (χ1) is 13.0. The average Bonchev–Trinajstić information content (AvgIpc) is 3.07. The topological polar surface area (TPSA) is 81.4 Å². The van der Waals surface area contributed by atoms with Crippen LogP contribution in [-0.4, -0.2) is 23.5 Å². The lowest BCUT2D eigenvalue weighted by molar-refractivity contribution is -0.124. The van der Waals surface area contributed by atoms with Crippen LogP contribution in [0.15, 0.2) is 59.0 Å². The van der Waals surface area contributed by atoms with Crippen LogP contribution < -0.4 is 5.32 Å². The molecular formula is C20H17ClN2O4. The van der Waals surface area contributed by atoms with Crippen molar-refractivity contribution in [3.8, 4) is 11.5 Å². The molecule has 0 aliphatic heterocycles. The summed E-state index contributed by atoms with van der Waals surface area (Å²) in [5.41, 5.74) is 1.65. The number of ether oxygens (including phenoxy) is 1. The number of aromatic nitrogens is 1. The zero-order valence-electron chi connectivity index (χ0n) is 14.6. The van der Waals surface area contributed by atoms with Gasteiger partial charge in [-0.2, -0.15) is 0 Å². The van der Waals surface area contributed by atoms with Crippen molar-refractivity contribution in [1.82, 2.24) is 10.3 Å². The van der Waals surface area contributed by atoms with E-state index >= 15 is 0 Å².